The van der Waals surface area contributed by atoms with Crippen molar-refractivity contribution in [2.45, 2.75) is 38.9 Å². The quantitative estimate of drug-likeness (QED) is 0.918. The molecule has 1 aliphatic heterocycles. The van der Waals surface area contributed by atoms with Gasteiger partial charge in [0.2, 0.25) is 0 Å². The summed E-state index contributed by atoms with van der Waals surface area (Å²) in [5.74, 6) is 0.486. The van der Waals surface area contributed by atoms with Gasteiger partial charge in [-0.2, -0.15) is 0 Å². The molecule has 0 aliphatic carbocycles. The minimum absolute atomic E-state index is 0.118. The Bertz CT molecular complexity index is 464. The minimum Gasteiger partial charge on any atom is -0.494 e. The first-order valence-electron chi connectivity index (χ1n) is 7.15. The van der Waals surface area contributed by atoms with Crippen molar-refractivity contribution in [1.29, 1.82) is 0 Å². The van der Waals surface area contributed by atoms with E-state index in [1.54, 1.807) is 6.07 Å². The Kier molecular flexibility index (Phi) is 4.66. The van der Waals surface area contributed by atoms with Crippen molar-refractivity contribution < 1.29 is 13.9 Å². The Morgan fingerprint density at radius 3 is 2.85 bits per heavy atom. The van der Waals surface area contributed by atoms with E-state index in [1.807, 2.05) is 6.07 Å². The molecule has 3 nitrogen and oxygen atoms in total. The van der Waals surface area contributed by atoms with E-state index >= 15 is 0 Å². The number of morpholine rings is 1. The van der Waals surface area contributed by atoms with Gasteiger partial charge in [-0.15, -0.1) is 0 Å². The van der Waals surface area contributed by atoms with E-state index in [9.17, 15) is 4.39 Å². The molecule has 4 heteroatoms. The first kappa shape index (κ1) is 15.3. The number of rotatable bonds is 4. The number of hydrogen-bond donors (Lipinski definition) is 1. The fourth-order valence-electron chi connectivity index (χ4n) is 2.95. The largest absolute Gasteiger partial charge is 0.494 e. The molecule has 0 spiro atoms. The minimum atomic E-state index is -0.343. The van der Waals surface area contributed by atoms with Crippen molar-refractivity contribution in [2.24, 2.45) is 5.92 Å². The van der Waals surface area contributed by atoms with Crippen LogP contribution in [0.25, 0.3) is 0 Å². The molecule has 1 fully saturated rings. The van der Waals surface area contributed by atoms with Gasteiger partial charge in [-0.3, -0.25) is 0 Å². The van der Waals surface area contributed by atoms with E-state index in [1.165, 1.54) is 13.2 Å². The third kappa shape index (κ3) is 3.49. The molecule has 2 unspecified atom stereocenters. The van der Waals surface area contributed by atoms with Gasteiger partial charge in [0.05, 0.1) is 18.8 Å². The summed E-state index contributed by atoms with van der Waals surface area (Å²) in [6, 6.07) is 5.03. The van der Waals surface area contributed by atoms with Gasteiger partial charge in [-0.25, -0.2) is 4.39 Å². The number of hydrogen-bond acceptors (Lipinski definition) is 3. The van der Waals surface area contributed by atoms with E-state index in [-0.39, 0.29) is 23.3 Å². The molecular weight excluding hydrogens is 257 g/mol. The Balaban J connectivity index is 2.14. The average Bonchev–Trinajstić information content (AvgIpc) is 2.37. The molecule has 1 aromatic carbocycles. The lowest BCUT2D eigenvalue weighted by atomic mass is 9.91. The first-order valence-corrected chi connectivity index (χ1v) is 7.15. The zero-order valence-electron chi connectivity index (χ0n) is 12.7. The Morgan fingerprint density at radius 1 is 1.50 bits per heavy atom. The van der Waals surface area contributed by atoms with Crippen LogP contribution in [-0.2, 0) is 4.74 Å². The maximum atomic E-state index is 13.8. The van der Waals surface area contributed by atoms with Gasteiger partial charge >= 0.3 is 0 Å². The van der Waals surface area contributed by atoms with Crippen molar-refractivity contribution in [3.63, 3.8) is 0 Å². The van der Waals surface area contributed by atoms with E-state index in [0.717, 1.165) is 18.5 Å². The molecule has 1 aliphatic rings. The van der Waals surface area contributed by atoms with Crippen molar-refractivity contribution >= 4 is 0 Å². The van der Waals surface area contributed by atoms with Gasteiger partial charge in [-0.1, -0.05) is 19.9 Å². The van der Waals surface area contributed by atoms with Crippen molar-refractivity contribution in [3.05, 3.63) is 29.6 Å². The third-order valence-corrected chi connectivity index (χ3v) is 3.64. The maximum Gasteiger partial charge on any atom is 0.165 e. The maximum absolute atomic E-state index is 13.8. The highest BCUT2D eigenvalue weighted by Crippen LogP contribution is 2.32. The molecule has 0 aromatic heterocycles. The van der Waals surface area contributed by atoms with Crippen LogP contribution in [0.3, 0.4) is 0 Å². The predicted octanol–water partition coefficient (Wildman–Crippen LogP) is 3.30. The summed E-state index contributed by atoms with van der Waals surface area (Å²) >= 11 is 0. The Hall–Kier alpha value is -1.13. The fraction of sp³-hybridized carbons (Fsp3) is 0.625. The monoisotopic (exact) mass is 281 g/mol. The second kappa shape index (κ2) is 6.10. The van der Waals surface area contributed by atoms with Gasteiger partial charge < -0.3 is 14.8 Å². The van der Waals surface area contributed by atoms with Crippen LogP contribution in [0, 0.1) is 11.7 Å². The van der Waals surface area contributed by atoms with E-state index in [4.69, 9.17) is 9.47 Å². The second-order valence-corrected chi connectivity index (χ2v) is 6.18. The molecule has 1 aromatic rings. The highest BCUT2D eigenvalue weighted by Gasteiger charge is 2.34. The van der Waals surface area contributed by atoms with E-state index in [2.05, 4.69) is 26.1 Å². The van der Waals surface area contributed by atoms with Crippen LogP contribution in [0.4, 0.5) is 4.39 Å². The highest BCUT2D eigenvalue weighted by molar-refractivity contribution is 5.31. The van der Waals surface area contributed by atoms with Crippen LogP contribution in [-0.4, -0.2) is 25.8 Å². The summed E-state index contributed by atoms with van der Waals surface area (Å²) in [7, 11) is 1.47. The standard InChI is InChI=1S/C16H24FNO2/c1-11(2)8-16(3)10-18-9-15(20-16)12-5-6-14(19-4)13(17)7-12/h5-7,11,15,18H,8-10H2,1-4H3. The average molecular weight is 281 g/mol. The number of benzene rings is 1. The molecule has 1 saturated heterocycles. The van der Waals surface area contributed by atoms with Gasteiger partial charge in [0, 0.05) is 13.1 Å². The van der Waals surface area contributed by atoms with Crippen molar-refractivity contribution in [3.8, 4) is 5.75 Å². The SMILES string of the molecule is COc1ccc(C2CNCC(C)(CC(C)C)O2)cc1F. The molecule has 20 heavy (non-hydrogen) atoms. The van der Waals surface area contributed by atoms with Crippen molar-refractivity contribution in [2.75, 3.05) is 20.2 Å². The summed E-state index contributed by atoms with van der Waals surface area (Å²) in [5, 5.41) is 3.40. The second-order valence-electron chi connectivity index (χ2n) is 6.18. The number of halogens is 1. The third-order valence-electron chi connectivity index (χ3n) is 3.64. The fourth-order valence-corrected chi connectivity index (χ4v) is 2.95. The molecule has 0 bridgehead atoms. The van der Waals surface area contributed by atoms with Gasteiger partial charge in [0.1, 0.15) is 0 Å². The molecule has 1 heterocycles. The predicted molar refractivity (Wildman–Crippen MR) is 77.5 cm³/mol. The summed E-state index contributed by atoms with van der Waals surface area (Å²) in [5.41, 5.74) is 0.651. The van der Waals surface area contributed by atoms with Gasteiger partial charge in [-0.05, 0) is 37.0 Å². The van der Waals surface area contributed by atoms with Crippen LogP contribution in [0.1, 0.15) is 38.9 Å². The molecule has 2 atom stereocenters. The zero-order valence-corrected chi connectivity index (χ0v) is 12.7. The topological polar surface area (TPSA) is 30.5 Å². The van der Waals surface area contributed by atoms with Crippen LogP contribution in [0.2, 0.25) is 0 Å². The highest BCUT2D eigenvalue weighted by atomic mass is 19.1. The molecule has 0 amide bonds. The van der Waals surface area contributed by atoms with Crippen LogP contribution >= 0.6 is 0 Å². The van der Waals surface area contributed by atoms with E-state index < -0.39 is 0 Å². The molecular formula is C16H24FNO2. The van der Waals surface area contributed by atoms with Gasteiger partial charge in [0.25, 0.3) is 0 Å². The summed E-state index contributed by atoms with van der Waals surface area (Å²) in [6.07, 6.45) is 0.864. The van der Waals surface area contributed by atoms with Crippen molar-refractivity contribution in [1.82, 2.24) is 5.32 Å². The summed E-state index contributed by atoms with van der Waals surface area (Å²) < 4.78 is 25.0. The molecule has 0 saturated carbocycles. The first-order chi connectivity index (χ1) is 9.43. The molecule has 1 N–H and O–H groups in total. The smallest absolute Gasteiger partial charge is 0.165 e. The van der Waals surface area contributed by atoms with E-state index in [0.29, 0.717) is 12.5 Å². The van der Waals surface area contributed by atoms with Gasteiger partial charge in [0.15, 0.2) is 11.6 Å². The van der Waals surface area contributed by atoms with Crippen LogP contribution in [0.5, 0.6) is 5.75 Å². The molecule has 0 radical (unpaired) electrons. The molecule has 112 valence electrons. The number of nitrogens with one attached hydrogen (secondary N) is 1. The number of methoxy groups -OCH3 is 1. The molecule has 2 rings (SSSR count). The Morgan fingerprint density at radius 2 is 2.25 bits per heavy atom. The zero-order chi connectivity index (χ0) is 14.8. The van der Waals surface area contributed by atoms with Crippen LogP contribution < -0.4 is 10.1 Å². The summed E-state index contributed by atoms with van der Waals surface area (Å²) in [6.45, 7) is 8.03. The number of ether oxygens (including phenoxy) is 2. The lowest BCUT2D eigenvalue weighted by Gasteiger charge is -2.40. The van der Waals surface area contributed by atoms with Crippen LogP contribution in [0.15, 0.2) is 18.2 Å². The lowest BCUT2D eigenvalue weighted by Crippen LogP contribution is -2.49. The lowest BCUT2D eigenvalue weighted by molar-refractivity contribution is -0.117. The normalized spacial score (nSPS) is 26.8. The summed E-state index contributed by atoms with van der Waals surface area (Å²) in [4.78, 5) is 0. The Labute approximate surface area is 120 Å².